The Bertz CT molecular complexity index is 893. The second-order valence-electron chi connectivity index (χ2n) is 7.45. The summed E-state index contributed by atoms with van der Waals surface area (Å²) in [7, 11) is -3.59. The lowest BCUT2D eigenvalue weighted by atomic mass is 10.2. The Morgan fingerprint density at radius 1 is 1.24 bits per heavy atom. The first-order chi connectivity index (χ1) is 13.9. The number of ether oxygens (including phenoxy) is 1. The highest BCUT2D eigenvalue weighted by Gasteiger charge is 2.31. The normalized spacial score (nSPS) is 22.7. The summed E-state index contributed by atoms with van der Waals surface area (Å²) in [6.45, 7) is 2.03. The number of hydrogen-bond acceptors (Lipinski definition) is 6. The zero-order valence-corrected chi connectivity index (χ0v) is 17.8. The van der Waals surface area contributed by atoms with Crippen LogP contribution in [0, 0.1) is 0 Å². The summed E-state index contributed by atoms with van der Waals surface area (Å²) in [5.41, 5.74) is 0.485. The maximum atomic E-state index is 12.9. The smallest absolute Gasteiger partial charge is 0.243 e. The van der Waals surface area contributed by atoms with Crippen LogP contribution in [0.5, 0.6) is 0 Å². The Labute approximate surface area is 175 Å². The number of rotatable bonds is 6. The Balaban J connectivity index is 1.52. The molecule has 1 N–H and O–H groups in total. The van der Waals surface area contributed by atoms with Crippen LogP contribution in [0.3, 0.4) is 0 Å². The first kappa shape index (κ1) is 20.6. The number of thioether (sulfide) groups is 1. The standard InChI is InChI=1S/C19H25N3O5S2/c23-18(20-11-14-4-3-9-27-14)12-22-16-10-15(5-6-17(16)28-13-19(22)24)29(25,26)21-7-1-2-8-21/h5-6,10,14H,1-4,7-9,11-13H2,(H,20,23). The van der Waals surface area contributed by atoms with Crippen LogP contribution in [0.25, 0.3) is 0 Å². The molecule has 3 aliphatic heterocycles. The second-order valence-corrected chi connectivity index (χ2v) is 10.4. The van der Waals surface area contributed by atoms with Crippen LogP contribution in [0.2, 0.25) is 0 Å². The number of nitrogens with one attached hydrogen (secondary N) is 1. The number of nitrogens with zero attached hydrogens (tertiary/aromatic N) is 2. The van der Waals surface area contributed by atoms with Gasteiger partial charge in [-0.15, -0.1) is 11.8 Å². The molecule has 0 bridgehead atoms. The molecule has 0 aliphatic carbocycles. The van der Waals surface area contributed by atoms with Crippen molar-refractivity contribution in [3.8, 4) is 0 Å². The molecule has 0 radical (unpaired) electrons. The summed E-state index contributed by atoms with van der Waals surface area (Å²) in [5.74, 6) is -0.255. The van der Waals surface area contributed by atoms with Crippen molar-refractivity contribution in [1.82, 2.24) is 9.62 Å². The molecular weight excluding hydrogens is 414 g/mol. The van der Waals surface area contributed by atoms with Gasteiger partial charge in [-0.05, 0) is 43.9 Å². The van der Waals surface area contributed by atoms with E-state index in [9.17, 15) is 18.0 Å². The predicted octanol–water partition coefficient (Wildman–Crippen LogP) is 1.20. The number of amides is 2. The van der Waals surface area contributed by atoms with Crippen molar-refractivity contribution < 1.29 is 22.7 Å². The van der Waals surface area contributed by atoms with Gasteiger partial charge in [-0.25, -0.2) is 8.42 Å². The summed E-state index contributed by atoms with van der Waals surface area (Å²) in [5, 5.41) is 2.82. The van der Waals surface area contributed by atoms with Crippen LogP contribution in [-0.4, -0.2) is 69.2 Å². The molecule has 1 aromatic carbocycles. The quantitative estimate of drug-likeness (QED) is 0.716. The molecule has 0 spiro atoms. The monoisotopic (exact) mass is 439 g/mol. The minimum Gasteiger partial charge on any atom is -0.376 e. The third kappa shape index (κ3) is 4.45. The van der Waals surface area contributed by atoms with Crippen molar-refractivity contribution in [3.63, 3.8) is 0 Å². The van der Waals surface area contributed by atoms with Crippen molar-refractivity contribution >= 4 is 39.3 Å². The van der Waals surface area contributed by atoms with Crippen molar-refractivity contribution in [2.45, 2.75) is 41.6 Å². The molecule has 0 aromatic heterocycles. The second kappa shape index (κ2) is 8.63. The maximum absolute atomic E-state index is 12.9. The van der Waals surface area contributed by atoms with Crippen LogP contribution in [0.1, 0.15) is 25.7 Å². The highest BCUT2D eigenvalue weighted by Crippen LogP contribution is 2.37. The average molecular weight is 440 g/mol. The van der Waals surface area contributed by atoms with Gasteiger partial charge in [-0.2, -0.15) is 4.31 Å². The highest BCUT2D eigenvalue weighted by atomic mass is 32.2. The van der Waals surface area contributed by atoms with Gasteiger partial charge in [0.25, 0.3) is 0 Å². The predicted molar refractivity (Wildman–Crippen MR) is 109 cm³/mol. The molecule has 2 amide bonds. The molecule has 2 fully saturated rings. The van der Waals surface area contributed by atoms with Crippen molar-refractivity contribution in [2.75, 3.05) is 43.4 Å². The van der Waals surface area contributed by atoms with Crippen LogP contribution in [-0.2, 0) is 24.3 Å². The van der Waals surface area contributed by atoms with Crippen LogP contribution in [0.15, 0.2) is 28.0 Å². The van der Waals surface area contributed by atoms with Crippen LogP contribution in [0.4, 0.5) is 5.69 Å². The van der Waals surface area contributed by atoms with E-state index >= 15 is 0 Å². The molecule has 3 heterocycles. The minimum atomic E-state index is -3.59. The summed E-state index contributed by atoms with van der Waals surface area (Å²) in [6, 6.07) is 4.85. The molecule has 10 heteroatoms. The summed E-state index contributed by atoms with van der Waals surface area (Å²) in [6.07, 6.45) is 3.64. The molecule has 2 saturated heterocycles. The van der Waals surface area contributed by atoms with Crippen molar-refractivity contribution in [1.29, 1.82) is 0 Å². The van der Waals surface area contributed by atoms with E-state index < -0.39 is 10.0 Å². The molecule has 0 saturated carbocycles. The number of anilines is 1. The number of sulfonamides is 1. The van der Waals surface area contributed by atoms with Crippen molar-refractivity contribution in [2.24, 2.45) is 0 Å². The first-order valence-corrected chi connectivity index (χ1v) is 12.3. The Kier molecular flexibility index (Phi) is 6.14. The SMILES string of the molecule is O=C(CN1C(=O)CSc2ccc(S(=O)(=O)N3CCCC3)cc21)NCC1CCCO1. The molecule has 3 aliphatic rings. The van der Waals surface area contributed by atoms with Gasteiger partial charge < -0.3 is 15.0 Å². The number of benzene rings is 1. The molecular formula is C19H25N3O5S2. The lowest BCUT2D eigenvalue weighted by Gasteiger charge is -2.29. The molecule has 4 rings (SSSR count). The van der Waals surface area contributed by atoms with Gasteiger partial charge in [0.05, 0.1) is 22.4 Å². The topological polar surface area (TPSA) is 96.0 Å². The van der Waals surface area contributed by atoms with E-state index in [2.05, 4.69) is 5.32 Å². The summed E-state index contributed by atoms with van der Waals surface area (Å²) in [4.78, 5) is 27.3. The van der Waals surface area contributed by atoms with E-state index in [1.165, 1.54) is 27.0 Å². The Morgan fingerprint density at radius 3 is 2.76 bits per heavy atom. The van der Waals surface area contributed by atoms with Gasteiger partial charge >= 0.3 is 0 Å². The lowest BCUT2D eigenvalue weighted by Crippen LogP contribution is -2.44. The summed E-state index contributed by atoms with van der Waals surface area (Å²) >= 11 is 1.36. The number of hydrogen-bond donors (Lipinski definition) is 1. The van der Waals surface area contributed by atoms with Gasteiger partial charge in [0, 0.05) is 31.1 Å². The number of carbonyl (C=O) groups excluding carboxylic acids is 2. The lowest BCUT2D eigenvalue weighted by molar-refractivity contribution is -0.123. The fraction of sp³-hybridized carbons (Fsp3) is 0.579. The average Bonchev–Trinajstić information content (AvgIpc) is 3.42. The number of carbonyl (C=O) groups is 2. The molecule has 29 heavy (non-hydrogen) atoms. The molecule has 158 valence electrons. The van der Waals surface area contributed by atoms with Crippen LogP contribution < -0.4 is 10.2 Å². The first-order valence-electron chi connectivity index (χ1n) is 9.91. The van der Waals surface area contributed by atoms with E-state index in [-0.39, 0.29) is 35.1 Å². The van der Waals surface area contributed by atoms with Gasteiger partial charge in [0.1, 0.15) is 6.54 Å². The highest BCUT2D eigenvalue weighted by molar-refractivity contribution is 8.00. The largest absolute Gasteiger partial charge is 0.376 e. The van der Waals surface area contributed by atoms with E-state index in [4.69, 9.17) is 4.74 Å². The van der Waals surface area contributed by atoms with E-state index in [0.29, 0.717) is 31.9 Å². The fourth-order valence-corrected chi connectivity index (χ4v) is 6.28. The van der Waals surface area contributed by atoms with Gasteiger partial charge in [0.15, 0.2) is 0 Å². The summed E-state index contributed by atoms with van der Waals surface area (Å²) < 4.78 is 32.8. The molecule has 1 unspecified atom stereocenters. The van der Waals surface area contributed by atoms with Gasteiger partial charge in [0.2, 0.25) is 21.8 Å². The van der Waals surface area contributed by atoms with E-state index in [1.807, 2.05) is 0 Å². The Hall–Kier alpha value is -1.62. The maximum Gasteiger partial charge on any atom is 0.243 e. The van der Waals surface area contributed by atoms with E-state index in [1.54, 1.807) is 12.1 Å². The third-order valence-electron chi connectivity index (χ3n) is 5.43. The number of fused-ring (bicyclic) bond motifs is 1. The van der Waals surface area contributed by atoms with E-state index in [0.717, 1.165) is 30.6 Å². The zero-order valence-electron chi connectivity index (χ0n) is 16.1. The fourth-order valence-electron chi connectivity index (χ4n) is 3.83. The van der Waals surface area contributed by atoms with Crippen molar-refractivity contribution in [3.05, 3.63) is 18.2 Å². The molecule has 1 aromatic rings. The Morgan fingerprint density at radius 2 is 2.03 bits per heavy atom. The van der Waals surface area contributed by atoms with Gasteiger partial charge in [-0.1, -0.05) is 0 Å². The third-order valence-corrected chi connectivity index (χ3v) is 8.37. The minimum absolute atomic E-state index is 0.0241. The molecule has 1 atom stereocenters. The molecule has 8 nitrogen and oxygen atoms in total. The van der Waals surface area contributed by atoms with Gasteiger partial charge in [-0.3, -0.25) is 9.59 Å². The zero-order chi connectivity index (χ0) is 20.4. The van der Waals surface area contributed by atoms with Crippen LogP contribution >= 0.6 is 11.8 Å².